The van der Waals surface area contributed by atoms with Crippen LogP contribution in [0.4, 0.5) is 27.7 Å². The lowest BCUT2D eigenvalue weighted by molar-refractivity contribution is -0.326. The van der Waals surface area contributed by atoms with Gasteiger partial charge in [0, 0.05) is 48.5 Å². The number of amides is 7. The normalized spacial score (nSPS) is 20.8. The first-order valence-corrected chi connectivity index (χ1v) is 26.0. The second kappa shape index (κ2) is 28.3. The van der Waals surface area contributed by atoms with E-state index in [-0.39, 0.29) is 18.8 Å². The predicted molar refractivity (Wildman–Crippen MR) is 290 cm³/mol. The summed E-state index contributed by atoms with van der Waals surface area (Å²) in [6.07, 6.45) is -14.8. The molecule has 28 nitrogen and oxygen atoms in total. The Morgan fingerprint density at radius 1 is 0.793 bits per heavy atom. The third-order valence-corrected chi connectivity index (χ3v) is 13.6. The Balaban J connectivity index is 1.01. The number of carbonyl (C=O) groups excluding carboxylic acids is 7. The lowest BCUT2D eigenvalue weighted by Crippen LogP contribution is -2.62. The number of ether oxygens (including phenoxy) is 3. The SMILES string of the molecule is CC(NC(=O)C(NC(=O)[C@H](O)[C@H](O)[C@@H](O[C@@H]1O[C@H](CO)[C@H](O)[C@H](O)[C@H]1O)[C@H](O)CO)C(C)C)C(=O)NC(CC(N)=O)C(=O)Nc1ccc(COC(=O)N2CC(C)(C)c3ccc(NC(=O)c4cccnc4NCc4ccncc4)cc32)cc1. The number of aliphatic hydroxyl groups excluding tert-OH is 8. The van der Waals surface area contributed by atoms with Gasteiger partial charge in [0.2, 0.25) is 23.6 Å². The highest BCUT2D eigenvalue weighted by atomic mass is 16.7. The molecule has 444 valence electrons. The van der Waals surface area contributed by atoms with Crippen LogP contribution in [0, 0.1) is 5.92 Å². The van der Waals surface area contributed by atoms with Gasteiger partial charge in [0.1, 0.15) is 73.3 Å². The zero-order valence-electron chi connectivity index (χ0n) is 45.4. The van der Waals surface area contributed by atoms with Gasteiger partial charge in [-0.2, -0.15) is 0 Å². The predicted octanol–water partition coefficient (Wildman–Crippen LogP) is -2.02. The molecule has 0 aliphatic carbocycles. The number of pyridine rings is 2. The molecule has 3 unspecified atom stereocenters. The number of aliphatic hydroxyl groups is 8. The molecule has 0 spiro atoms. The number of nitrogens with two attached hydrogens (primary N) is 1. The molecule has 0 bridgehead atoms. The van der Waals surface area contributed by atoms with E-state index >= 15 is 0 Å². The first-order chi connectivity index (χ1) is 38.8. The van der Waals surface area contributed by atoms with Gasteiger partial charge in [0.05, 0.1) is 30.9 Å². The van der Waals surface area contributed by atoms with E-state index in [0.717, 1.165) is 11.1 Å². The summed E-state index contributed by atoms with van der Waals surface area (Å²) in [6, 6.07) is 13.9. The number of fused-ring (bicyclic) bond motifs is 1. The fourth-order valence-corrected chi connectivity index (χ4v) is 8.91. The molecule has 0 radical (unpaired) electrons. The molecule has 2 aromatic heterocycles. The number of carbonyl (C=O) groups is 7. The second-order valence-electron chi connectivity index (χ2n) is 20.7. The van der Waals surface area contributed by atoms with Crippen LogP contribution in [0.25, 0.3) is 0 Å². The van der Waals surface area contributed by atoms with Gasteiger partial charge in [-0.15, -0.1) is 0 Å². The molecule has 82 heavy (non-hydrogen) atoms. The van der Waals surface area contributed by atoms with Crippen molar-refractivity contribution in [1.82, 2.24) is 25.9 Å². The summed E-state index contributed by atoms with van der Waals surface area (Å²) in [7, 11) is 0. The standard InChI is InChI=1S/C54H70N10O18/c1-26(2)39(63-51(78)43(72)42(71)45(36(67)22-65)82-52-44(73)41(70)40(69)37(23-66)81-52)50(77)59-27(3)47(74)62-34(20-38(55)68)49(76)60-30-10-8-29(9-11-30)24-80-53(79)64-25-54(4,5)33-13-12-31(19-35(33)64)61-48(75)32-7-6-16-57-46(32)58-21-28-14-17-56-18-15-28/h6-19,26-27,34,36-37,39-45,52,65-67,69-73H,20-25H2,1-5H3,(H2,55,68)(H,57,58)(H,59,77)(H,60,76)(H,61,75)(H,62,74)(H,63,78)/t27?,34?,36-,37-,39?,40+,41+,42+,43-,44-,45+,52+/m1/s1. The van der Waals surface area contributed by atoms with E-state index in [4.69, 9.17) is 19.9 Å². The van der Waals surface area contributed by atoms with Crippen LogP contribution in [0.2, 0.25) is 0 Å². The third-order valence-electron chi connectivity index (χ3n) is 13.6. The summed E-state index contributed by atoms with van der Waals surface area (Å²) in [4.78, 5) is 103. The molecule has 6 rings (SSSR count). The molecule has 7 amide bonds. The summed E-state index contributed by atoms with van der Waals surface area (Å²) in [5.74, 6) is -6.04. The van der Waals surface area contributed by atoms with Crippen molar-refractivity contribution in [2.45, 2.75) is 133 Å². The molecule has 12 atom stereocenters. The van der Waals surface area contributed by atoms with Crippen LogP contribution in [0.1, 0.15) is 68.1 Å². The largest absolute Gasteiger partial charge is 0.444 e. The average Bonchev–Trinajstić information content (AvgIpc) is 3.72. The molecule has 2 aromatic carbocycles. The Morgan fingerprint density at radius 3 is 2.12 bits per heavy atom. The van der Waals surface area contributed by atoms with Gasteiger partial charge in [0.15, 0.2) is 12.4 Å². The van der Waals surface area contributed by atoms with Crippen molar-refractivity contribution in [3.05, 3.63) is 108 Å². The van der Waals surface area contributed by atoms with Crippen molar-refractivity contribution in [3.8, 4) is 0 Å². The minimum Gasteiger partial charge on any atom is -0.444 e. The van der Waals surface area contributed by atoms with Gasteiger partial charge in [-0.25, -0.2) is 9.78 Å². The Kier molecular flexibility index (Phi) is 21.9. The van der Waals surface area contributed by atoms with E-state index in [9.17, 15) is 74.4 Å². The fraction of sp³-hybridized carbons (Fsp3) is 0.463. The number of aromatic nitrogens is 2. The molecule has 4 aromatic rings. The van der Waals surface area contributed by atoms with Crippen molar-refractivity contribution < 1.29 is 88.6 Å². The highest BCUT2D eigenvalue weighted by Crippen LogP contribution is 2.42. The third kappa shape index (κ3) is 16.0. The zero-order chi connectivity index (χ0) is 60.2. The van der Waals surface area contributed by atoms with E-state index in [0.29, 0.717) is 34.9 Å². The summed E-state index contributed by atoms with van der Waals surface area (Å²) in [5, 5.41) is 97.6. The van der Waals surface area contributed by atoms with Gasteiger partial charge in [-0.3, -0.25) is 38.7 Å². The summed E-state index contributed by atoms with van der Waals surface area (Å²) in [5.41, 5.74) is 8.76. The Bertz CT molecular complexity index is 2880. The molecule has 16 N–H and O–H groups in total. The lowest BCUT2D eigenvalue weighted by atomic mass is 9.87. The van der Waals surface area contributed by atoms with E-state index in [1.54, 1.807) is 55.0 Å². The van der Waals surface area contributed by atoms with Gasteiger partial charge in [-0.1, -0.05) is 45.9 Å². The molecule has 2 aliphatic rings. The Hall–Kier alpha value is -7.77. The molecule has 28 heteroatoms. The molecule has 1 fully saturated rings. The number of hydrogen-bond acceptors (Lipinski definition) is 21. The fourth-order valence-electron chi connectivity index (χ4n) is 8.91. The minimum absolute atomic E-state index is 0.182. The Morgan fingerprint density at radius 2 is 1.48 bits per heavy atom. The van der Waals surface area contributed by atoms with E-state index in [1.165, 1.54) is 37.8 Å². The molecule has 4 heterocycles. The van der Waals surface area contributed by atoms with Crippen molar-refractivity contribution in [2.24, 2.45) is 11.7 Å². The molecular weight excluding hydrogens is 1080 g/mol. The quantitative estimate of drug-likeness (QED) is 0.0341. The first-order valence-electron chi connectivity index (χ1n) is 26.0. The molecular formula is C54H70N10O18. The van der Waals surface area contributed by atoms with Crippen molar-refractivity contribution in [1.29, 1.82) is 0 Å². The number of hydrogen-bond donors (Lipinski definition) is 15. The van der Waals surface area contributed by atoms with Crippen LogP contribution < -0.4 is 42.5 Å². The monoisotopic (exact) mass is 1150 g/mol. The highest BCUT2D eigenvalue weighted by molar-refractivity contribution is 6.08. The smallest absolute Gasteiger partial charge is 0.414 e. The maximum Gasteiger partial charge on any atom is 0.414 e. The zero-order valence-corrected chi connectivity index (χ0v) is 45.4. The van der Waals surface area contributed by atoms with E-state index < -0.39 is 146 Å². The lowest BCUT2D eigenvalue weighted by Gasteiger charge is -2.42. The number of primary amides is 1. The number of nitrogens with one attached hydrogen (secondary N) is 6. The van der Waals surface area contributed by atoms with Crippen molar-refractivity contribution >= 4 is 64.4 Å². The maximum absolute atomic E-state index is 13.7. The topological polar surface area (TPSA) is 436 Å². The van der Waals surface area contributed by atoms with Crippen LogP contribution >= 0.6 is 0 Å². The van der Waals surface area contributed by atoms with E-state index in [2.05, 4.69) is 41.9 Å². The molecule has 2 aliphatic heterocycles. The molecule has 0 saturated carbocycles. The summed E-state index contributed by atoms with van der Waals surface area (Å²) in [6.45, 7) is 6.63. The summed E-state index contributed by atoms with van der Waals surface area (Å²) < 4.78 is 16.3. The van der Waals surface area contributed by atoms with Gasteiger partial charge < -0.3 is 92.7 Å². The maximum atomic E-state index is 13.7. The first kappa shape index (κ1) is 63.4. The second-order valence-corrected chi connectivity index (χ2v) is 20.7. The highest BCUT2D eigenvalue weighted by Gasteiger charge is 2.48. The van der Waals surface area contributed by atoms with Gasteiger partial charge in [-0.05, 0) is 78.1 Å². The number of nitrogens with zero attached hydrogens (tertiary/aromatic N) is 3. The van der Waals surface area contributed by atoms with Crippen LogP contribution in [0.15, 0.2) is 85.3 Å². The number of rotatable bonds is 25. The van der Waals surface area contributed by atoms with Gasteiger partial charge in [0.25, 0.3) is 11.8 Å². The summed E-state index contributed by atoms with van der Waals surface area (Å²) >= 11 is 0. The number of benzene rings is 2. The van der Waals surface area contributed by atoms with Crippen LogP contribution in [0.5, 0.6) is 0 Å². The minimum atomic E-state index is -2.51. The van der Waals surface area contributed by atoms with Gasteiger partial charge >= 0.3 is 6.09 Å². The van der Waals surface area contributed by atoms with Crippen LogP contribution in [0.3, 0.4) is 0 Å². The number of anilines is 4. The Labute approximate surface area is 470 Å². The van der Waals surface area contributed by atoms with E-state index in [1.807, 2.05) is 32.0 Å². The molecule has 1 saturated heterocycles. The van der Waals surface area contributed by atoms with Crippen molar-refractivity contribution in [2.75, 3.05) is 40.6 Å². The average molecular weight is 1150 g/mol. The van der Waals surface area contributed by atoms with Crippen LogP contribution in [-0.2, 0) is 56.7 Å². The van der Waals surface area contributed by atoms with Crippen molar-refractivity contribution in [3.63, 3.8) is 0 Å². The van der Waals surface area contributed by atoms with Crippen LogP contribution in [-0.4, -0.2) is 185 Å².